The monoisotopic (exact) mass is 516 g/mol. The summed E-state index contributed by atoms with van der Waals surface area (Å²) in [5.74, 6) is -0.202. The van der Waals surface area contributed by atoms with Crippen molar-refractivity contribution in [2.24, 2.45) is 10.9 Å². The Labute approximate surface area is 226 Å². The second kappa shape index (κ2) is 11.6. The summed E-state index contributed by atoms with van der Waals surface area (Å²) in [5, 5.41) is 6.07. The molecular formula is C30H40N6O2. The normalized spacial score (nSPS) is 22.6. The number of urea groups is 1. The van der Waals surface area contributed by atoms with Gasteiger partial charge in [0.15, 0.2) is 0 Å². The van der Waals surface area contributed by atoms with Crippen molar-refractivity contribution >= 4 is 35.2 Å². The average molecular weight is 517 g/mol. The summed E-state index contributed by atoms with van der Waals surface area (Å²) in [5.41, 5.74) is 2.26. The second-order valence-electron chi connectivity index (χ2n) is 10.8. The number of nitrogens with zero attached hydrogens (tertiary/aromatic N) is 4. The van der Waals surface area contributed by atoms with Gasteiger partial charge in [0, 0.05) is 61.8 Å². The minimum Gasteiger partial charge on any atom is -0.369 e. The van der Waals surface area contributed by atoms with Crippen molar-refractivity contribution in [2.75, 3.05) is 54.9 Å². The van der Waals surface area contributed by atoms with E-state index in [1.165, 1.54) is 0 Å². The number of piperazine rings is 1. The Balaban J connectivity index is 1.38. The number of amides is 3. The Kier molecular flexibility index (Phi) is 7.98. The highest BCUT2D eigenvalue weighted by Gasteiger charge is 2.50. The molecular weight excluding hydrogens is 476 g/mol. The van der Waals surface area contributed by atoms with Crippen molar-refractivity contribution in [3.05, 3.63) is 54.1 Å². The number of nitrogens with one attached hydrogen (secondary N) is 2. The Hall–Kier alpha value is -3.39. The number of carbonyl (C=O) groups excluding carboxylic acids is 2. The van der Waals surface area contributed by atoms with Crippen LogP contribution in [0.2, 0.25) is 0 Å². The highest BCUT2D eigenvalue weighted by molar-refractivity contribution is 6.09. The van der Waals surface area contributed by atoms with E-state index in [-0.39, 0.29) is 11.8 Å². The molecule has 3 aliphatic rings. The van der Waals surface area contributed by atoms with Crippen LogP contribution in [0.1, 0.15) is 51.0 Å². The lowest BCUT2D eigenvalue weighted by Gasteiger charge is -2.40. The first kappa shape index (κ1) is 26.2. The molecule has 1 atom stereocenters. The number of benzodiazepines with no additional fused rings is 1. The van der Waals surface area contributed by atoms with E-state index in [2.05, 4.69) is 34.4 Å². The Morgan fingerprint density at radius 2 is 1.71 bits per heavy atom. The van der Waals surface area contributed by atoms with Crippen molar-refractivity contribution in [1.82, 2.24) is 10.2 Å². The second-order valence-corrected chi connectivity index (χ2v) is 10.8. The molecule has 0 bridgehead atoms. The molecule has 2 aliphatic heterocycles. The van der Waals surface area contributed by atoms with Crippen LogP contribution in [0.5, 0.6) is 0 Å². The van der Waals surface area contributed by atoms with Gasteiger partial charge in [-0.15, -0.1) is 0 Å². The molecule has 5 rings (SSSR count). The molecule has 0 aromatic heterocycles. The standard InChI is InChI=1S/C30H40N6O2/c1-3-17-36-27-12-8-7-9-23(27)22-31-30(28(36)37,24-10-5-4-6-11-24)33-29(38)32-25-13-15-26(16-14-25)35-20-18-34(2)19-21-35/h7-9,12-16,22,24H,3-6,10-11,17-21H2,1-2H3,(H2,32,33,38). The van der Waals surface area contributed by atoms with Crippen LogP contribution in [-0.4, -0.2) is 68.5 Å². The van der Waals surface area contributed by atoms with Crippen LogP contribution in [0.4, 0.5) is 21.9 Å². The first-order valence-corrected chi connectivity index (χ1v) is 14.1. The van der Waals surface area contributed by atoms with Gasteiger partial charge < -0.3 is 25.3 Å². The molecule has 8 nitrogen and oxygen atoms in total. The van der Waals surface area contributed by atoms with Gasteiger partial charge in [0.2, 0.25) is 5.66 Å². The van der Waals surface area contributed by atoms with Crippen molar-refractivity contribution < 1.29 is 9.59 Å². The van der Waals surface area contributed by atoms with Crippen LogP contribution in [-0.2, 0) is 4.79 Å². The number of anilines is 3. The van der Waals surface area contributed by atoms with Crippen molar-refractivity contribution in [3.8, 4) is 0 Å². The van der Waals surface area contributed by atoms with Gasteiger partial charge in [0.1, 0.15) is 0 Å². The number of hydrogen-bond acceptors (Lipinski definition) is 5. The van der Waals surface area contributed by atoms with E-state index in [4.69, 9.17) is 4.99 Å². The molecule has 2 fully saturated rings. The Morgan fingerprint density at radius 3 is 2.42 bits per heavy atom. The fraction of sp³-hybridized carbons (Fsp3) is 0.500. The third-order valence-electron chi connectivity index (χ3n) is 8.15. The Morgan fingerprint density at radius 1 is 1.00 bits per heavy atom. The zero-order chi connectivity index (χ0) is 26.5. The first-order chi connectivity index (χ1) is 18.5. The molecule has 3 amide bonds. The molecule has 1 saturated heterocycles. The number of fused-ring (bicyclic) bond motifs is 1. The van der Waals surface area contributed by atoms with Crippen LogP contribution in [0.25, 0.3) is 0 Å². The largest absolute Gasteiger partial charge is 0.369 e. The lowest BCUT2D eigenvalue weighted by molar-refractivity contribution is -0.127. The highest BCUT2D eigenvalue weighted by Crippen LogP contribution is 2.38. The zero-order valence-electron chi connectivity index (χ0n) is 22.7. The number of aliphatic imine (C=N–C) groups is 1. The summed E-state index contributed by atoms with van der Waals surface area (Å²) in [6.45, 7) is 6.70. The fourth-order valence-electron chi connectivity index (χ4n) is 5.97. The van der Waals surface area contributed by atoms with E-state index in [1.807, 2.05) is 53.4 Å². The number of benzene rings is 2. The molecule has 0 radical (unpaired) electrons. The maximum atomic E-state index is 14.3. The van der Waals surface area contributed by atoms with E-state index in [0.29, 0.717) is 12.2 Å². The Bertz CT molecular complexity index is 1150. The third-order valence-corrected chi connectivity index (χ3v) is 8.15. The first-order valence-electron chi connectivity index (χ1n) is 14.1. The summed E-state index contributed by atoms with van der Waals surface area (Å²) in [4.78, 5) is 39.2. The SMILES string of the molecule is CCCN1C(=O)C(NC(=O)Nc2ccc(N3CCN(C)CC3)cc2)(C2CCCCC2)N=Cc2ccccc21. The number of para-hydroxylation sites is 1. The molecule has 2 heterocycles. The summed E-state index contributed by atoms with van der Waals surface area (Å²) in [7, 11) is 2.15. The minimum absolute atomic E-state index is 0.0565. The number of likely N-dealkylation sites (N-methyl/N-ethyl adjacent to an activating group) is 1. The fourth-order valence-corrected chi connectivity index (χ4v) is 5.97. The lowest BCUT2D eigenvalue weighted by Crippen LogP contribution is -2.63. The third kappa shape index (κ3) is 5.41. The smallest absolute Gasteiger partial charge is 0.321 e. The maximum absolute atomic E-state index is 14.3. The quantitative estimate of drug-likeness (QED) is 0.583. The van der Waals surface area contributed by atoms with Gasteiger partial charge in [-0.2, -0.15) is 0 Å². The molecule has 2 aromatic carbocycles. The molecule has 1 aliphatic carbocycles. The van der Waals surface area contributed by atoms with Gasteiger partial charge >= 0.3 is 6.03 Å². The molecule has 38 heavy (non-hydrogen) atoms. The van der Waals surface area contributed by atoms with Crippen LogP contribution >= 0.6 is 0 Å². The summed E-state index contributed by atoms with van der Waals surface area (Å²) < 4.78 is 0. The predicted octanol–water partition coefficient (Wildman–Crippen LogP) is 4.71. The average Bonchev–Trinajstić information content (AvgIpc) is 3.06. The van der Waals surface area contributed by atoms with E-state index in [9.17, 15) is 9.59 Å². The van der Waals surface area contributed by atoms with Gasteiger partial charge in [0.25, 0.3) is 5.91 Å². The zero-order valence-corrected chi connectivity index (χ0v) is 22.7. The molecule has 2 aromatic rings. The minimum atomic E-state index is -1.33. The van der Waals surface area contributed by atoms with E-state index >= 15 is 0 Å². The summed E-state index contributed by atoms with van der Waals surface area (Å²) in [6, 6.07) is 15.4. The van der Waals surface area contributed by atoms with Gasteiger partial charge in [0.05, 0.1) is 5.69 Å². The predicted molar refractivity (Wildman–Crippen MR) is 154 cm³/mol. The van der Waals surface area contributed by atoms with Gasteiger partial charge in [-0.25, -0.2) is 4.79 Å². The van der Waals surface area contributed by atoms with Crippen LogP contribution < -0.4 is 20.4 Å². The number of carbonyl (C=O) groups is 2. The van der Waals surface area contributed by atoms with Gasteiger partial charge in [-0.1, -0.05) is 44.4 Å². The molecule has 8 heteroatoms. The van der Waals surface area contributed by atoms with E-state index in [0.717, 1.165) is 81.6 Å². The molecule has 1 unspecified atom stereocenters. The maximum Gasteiger partial charge on any atom is 0.321 e. The molecule has 1 saturated carbocycles. The van der Waals surface area contributed by atoms with Crippen molar-refractivity contribution in [2.45, 2.75) is 51.1 Å². The topological polar surface area (TPSA) is 80.3 Å². The van der Waals surface area contributed by atoms with Crippen LogP contribution in [0.3, 0.4) is 0 Å². The number of rotatable bonds is 6. The van der Waals surface area contributed by atoms with Crippen LogP contribution in [0.15, 0.2) is 53.5 Å². The molecule has 0 spiro atoms. The molecule has 2 N–H and O–H groups in total. The summed E-state index contributed by atoms with van der Waals surface area (Å²) >= 11 is 0. The van der Waals surface area contributed by atoms with Gasteiger partial charge in [-0.3, -0.25) is 9.79 Å². The van der Waals surface area contributed by atoms with E-state index < -0.39 is 11.7 Å². The van der Waals surface area contributed by atoms with Crippen molar-refractivity contribution in [1.29, 1.82) is 0 Å². The summed E-state index contributed by atoms with van der Waals surface area (Å²) in [6.07, 6.45) is 7.53. The number of hydrogen-bond donors (Lipinski definition) is 2. The lowest BCUT2D eigenvalue weighted by atomic mass is 9.79. The highest BCUT2D eigenvalue weighted by atomic mass is 16.2. The van der Waals surface area contributed by atoms with Crippen LogP contribution in [0, 0.1) is 5.92 Å². The molecule has 202 valence electrons. The van der Waals surface area contributed by atoms with Crippen molar-refractivity contribution in [3.63, 3.8) is 0 Å². The van der Waals surface area contributed by atoms with E-state index in [1.54, 1.807) is 6.21 Å². The van der Waals surface area contributed by atoms with Gasteiger partial charge in [-0.05, 0) is 56.6 Å².